The molecule has 0 saturated carbocycles. The summed E-state index contributed by atoms with van der Waals surface area (Å²) in [5.41, 5.74) is 0. The third kappa shape index (κ3) is 45.1. The van der Waals surface area contributed by atoms with Crippen LogP contribution in [0.25, 0.3) is 0 Å². The zero-order valence-electron chi connectivity index (χ0n) is 38.4. The molecule has 2 unspecified atom stereocenters. The number of phosphoric ester groups is 1. The first-order chi connectivity index (χ1) is 28.5. The lowest BCUT2D eigenvalue weighted by Crippen LogP contribution is -2.37. The highest BCUT2D eigenvalue weighted by atomic mass is 31.2. The van der Waals surface area contributed by atoms with Crippen molar-refractivity contribution in [1.29, 1.82) is 0 Å². The minimum absolute atomic E-state index is 0.0347. The molecule has 0 bridgehead atoms. The van der Waals surface area contributed by atoms with Crippen molar-refractivity contribution in [3.05, 3.63) is 60.8 Å². The van der Waals surface area contributed by atoms with Crippen molar-refractivity contribution in [3.8, 4) is 0 Å². The lowest BCUT2D eigenvalue weighted by atomic mass is 10.0. The fourth-order valence-corrected chi connectivity index (χ4v) is 6.88. The van der Waals surface area contributed by atoms with Crippen LogP contribution >= 0.6 is 7.82 Å². The molecule has 9 nitrogen and oxygen atoms in total. The monoisotopic (exact) mass is 850 g/mol. The van der Waals surface area contributed by atoms with Gasteiger partial charge in [-0.2, -0.15) is 0 Å². The fourth-order valence-electron chi connectivity index (χ4n) is 6.15. The average Bonchev–Trinajstić information content (AvgIpc) is 3.19. The molecule has 10 heteroatoms. The van der Waals surface area contributed by atoms with Gasteiger partial charge in [-0.25, -0.2) is 0 Å². The summed E-state index contributed by atoms with van der Waals surface area (Å²) in [4.78, 5) is 37.6. The van der Waals surface area contributed by atoms with Gasteiger partial charge in [0.15, 0.2) is 6.10 Å². The van der Waals surface area contributed by atoms with E-state index in [1.807, 2.05) is 21.1 Å². The van der Waals surface area contributed by atoms with E-state index in [2.05, 4.69) is 74.6 Å². The number of quaternary nitrogens is 1. The molecule has 0 aromatic heterocycles. The van der Waals surface area contributed by atoms with E-state index in [-0.39, 0.29) is 32.0 Å². The molecule has 0 aromatic rings. The molecule has 0 amide bonds. The topological polar surface area (TPSA) is 111 Å². The van der Waals surface area contributed by atoms with Crippen molar-refractivity contribution < 1.29 is 42.1 Å². The van der Waals surface area contributed by atoms with Gasteiger partial charge in [-0.05, 0) is 57.8 Å². The van der Waals surface area contributed by atoms with Crippen LogP contribution in [0.3, 0.4) is 0 Å². The lowest BCUT2D eigenvalue weighted by Gasteiger charge is -2.28. The molecule has 0 aliphatic carbocycles. The fraction of sp³-hybridized carbons (Fsp3) is 0.755. The van der Waals surface area contributed by atoms with Crippen LogP contribution in [0.1, 0.15) is 187 Å². The molecular formula is C49H88NO8P. The Morgan fingerprint density at radius 1 is 0.542 bits per heavy atom. The molecule has 59 heavy (non-hydrogen) atoms. The Morgan fingerprint density at radius 3 is 1.44 bits per heavy atom. The Morgan fingerprint density at radius 2 is 0.966 bits per heavy atom. The molecule has 0 spiro atoms. The second-order valence-corrected chi connectivity index (χ2v) is 18.2. The largest absolute Gasteiger partial charge is 0.756 e. The number of phosphoric acid groups is 1. The SMILES string of the molecule is CC/C=C\C/C=C\C/C=C\C/C=C\C/C=C\CCCCCCCCCC(=O)OC(COC(=O)CCCCCCCCCCCCCC)COP(=O)([O-])OCC[N+](C)(C)C. The number of carbonyl (C=O) groups is 2. The van der Waals surface area contributed by atoms with Gasteiger partial charge in [0.2, 0.25) is 0 Å². The van der Waals surface area contributed by atoms with Gasteiger partial charge >= 0.3 is 11.9 Å². The third-order valence-electron chi connectivity index (χ3n) is 9.80. The Hall–Kier alpha value is -2.29. The molecule has 0 rings (SSSR count). The predicted octanol–water partition coefficient (Wildman–Crippen LogP) is 13.0. The number of ether oxygens (including phenoxy) is 2. The molecule has 0 saturated heterocycles. The number of nitrogens with zero attached hydrogens (tertiary/aromatic N) is 1. The summed E-state index contributed by atoms with van der Waals surface area (Å²) in [5, 5.41) is 0. The zero-order valence-corrected chi connectivity index (χ0v) is 39.3. The van der Waals surface area contributed by atoms with Gasteiger partial charge in [0.25, 0.3) is 7.82 Å². The van der Waals surface area contributed by atoms with E-state index >= 15 is 0 Å². The first kappa shape index (κ1) is 56.7. The lowest BCUT2D eigenvalue weighted by molar-refractivity contribution is -0.870. The second kappa shape index (κ2) is 41.1. The smallest absolute Gasteiger partial charge is 0.306 e. The highest BCUT2D eigenvalue weighted by molar-refractivity contribution is 7.45. The van der Waals surface area contributed by atoms with Crippen molar-refractivity contribution in [2.45, 2.75) is 193 Å². The van der Waals surface area contributed by atoms with Crippen molar-refractivity contribution in [1.82, 2.24) is 0 Å². The van der Waals surface area contributed by atoms with Crippen molar-refractivity contribution >= 4 is 19.8 Å². The van der Waals surface area contributed by atoms with Crippen molar-refractivity contribution in [3.63, 3.8) is 0 Å². The van der Waals surface area contributed by atoms with Crippen LogP contribution in [-0.4, -0.2) is 70.0 Å². The Balaban J connectivity index is 4.30. The van der Waals surface area contributed by atoms with Gasteiger partial charge < -0.3 is 27.9 Å². The Bertz CT molecular complexity index is 1190. The number of unbranched alkanes of at least 4 members (excludes halogenated alkanes) is 18. The summed E-state index contributed by atoms with van der Waals surface area (Å²) in [6, 6.07) is 0. The number of rotatable bonds is 42. The summed E-state index contributed by atoms with van der Waals surface area (Å²) >= 11 is 0. The first-order valence-electron chi connectivity index (χ1n) is 23.5. The number of carbonyl (C=O) groups excluding carboxylic acids is 2. The van der Waals surface area contributed by atoms with E-state index in [4.69, 9.17) is 18.5 Å². The maximum Gasteiger partial charge on any atom is 0.306 e. The van der Waals surface area contributed by atoms with Crippen LogP contribution in [0.5, 0.6) is 0 Å². The van der Waals surface area contributed by atoms with E-state index < -0.39 is 26.5 Å². The minimum Gasteiger partial charge on any atom is -0.756 e. The van der Waals surface area contributed by atoms with E-state index in [1.54, 1.807) is 0 Å². The van der Waals surface area contributed by atoms with Crippen LogP contribution in [0.4, 0.5) is 0 Å². The molecule has 0 fully saturated rings. The van der Waals surface area contributed by atoms with Gasteiger partial charge in [0.1, 0.15) is 19.8 Å². The molecular weight excluding hydrogens is 762 g/mol. The van der Waals surface area contributed by atoms with Crippen LogP contribution in [0.15, 0.2) is 60.8 Å². The quantitative estimate of drug-likeness (QED) is 0.0196. The van der Waals surface area contributed by atoms with Gasteiger partial charge in [0.05, 0.1) is 27.7 Å². The molecule has 0 heterocycles. The summed E-state index contributed by atoms with van der Waals surface area (Å²) in [6.07, 6.45) is 49.6. The van der Waals surface area contributed by atoms with Crippen molar-refractivity contribution in [2.24, 2.45) is 0 Å². The normalized spacial score (nSPS) is 14.1. The average molecular weight is 850 g/mol. The van der Waals surface area contributed by atoms with E-state index in [1.165, 1.54) is 77.0 Å². The van der Waals surface area contributed by atoms with Crippen LogP contribution in [-0.2, 0) is 32.7 Å². The van der Waals surface area contributed by atoms with Crippen molar-refractivity contribution in [2.75, 3.05) is 47.5 Å². The van der Waals surface area contributed by atoms with Gasteiger partial charge in [-0.15, -0.1) is 0 Å². The highest BCUT2D eigenvalue weighted by Crippen LogP contribution is 2.38. The number of esters is 2. The van der Waals surface area contributed by atoms with Gasteiger partial charge in [-0.3, -0.25) is 14.2 Å². The molecule has 342 valence electrons. The van der Waals surface area contributed by atoms with Crippen LogP contribution in [0, 0.1) is 0 Å². The van der Waals surface area contributed by atoms with E-state index in [0.717, 1.165) is 77.0 Å². The number of allylic oxidation sites excluding steroid dienone is 10. The Kier molecular flexibility index (Phi) is 39.5. The van der Waals surface area contributed by atoms with Gasteiger partial charge in [0, 0.05) is 12.8 Å². The zero-order chi connectivity index (χ0) is 43.6. The first-order valence-corrected chi connectivity index (χ1v) is 25.0. The maximum atomic E-state index is 12.7. The molecule has 2 atom stereocenters. The predicted molar refractivity (Wildman–Crippen MR) is 245 cm³/mol. The van der Waals surface area contributed by atoms with Gasteiger partial charge in [-0.1, -0.05) is 177 Å². The summed E-state index contributed by atoms with van der Waals surface area (Å²) < 4.78 is 33.9. The van der Waals surface area contributed by atoms with Crippen LogP contribution < -0.4 is 4.89 Å². The Labute approximate surface area is 362 Å². The number of hydrogen-bond donors (Lipinski definition) is 0. The molecule has 0 aromatic carbocycles. The summed E-state index contributed by atoms with van der Waals surface area (Å²) in [7, 11) is 1.15. The molecule has 0 aliphatic rings. The molecule has 0 radical (unpaired) electrons. The standard InChI is InChI=1S/C49H88NO8P/c1-6-8-10-12-14-16-18-20-21-22-23-24-25-26-27-28-29-30-32-34-36-38-40-42-49(52)58-47(46-57-59(53,54)56-44-43-50(3,4)5)45-55-48(51)41-39-37-35-33-31-19-17-15-13-11-9-7-2/h8,10,14,16,20-21,23-24,26-27,47H,6-7,9,11-13,15,17-19,22,25,28-46H2,1-5H3/b10-8-,16-14-,21-20-,24-23-,27-26-. The maximum absolute atomic E-state index is 12.7. The summed E-state index contributed by atoms with van der Waals surface area (Å²) in [5.74, 6) is -0.847. The molecule has 0 N–H and O–H groups in total. The minimum atomic E-state index is -4.63. The third-order valence-corrected chi connectivity index (χ3v) is 10.8. The van der Waals surface area contributed by atoms with E-state index in [9.17, 15) is 19.0 Å². The number of hydrogen-bond acceptors (Lipinski definition) is 8. The summed E-state index contributed by atoms with van der Waals surface area (Å²) in [6.45, 7) is 4.09. The molecule has 0 aliphatic heterocycles. The van der Waals surface area contributed by atoms with E-state index in [0.29, 0.717) is 17.4 Å². The second-order valence-electron chi connectivity index (χ2n) is 16.7. The number of likely N-dealkylation sites (N-methyl/N-ethyl adjacent to an activating group) is 1. The highest BCUT2D eigenvalue weighted by Gasteiger charge is 2.21. The van der Waals surface area contributed by atoms with Crippen LogP contribution in [0.2, 0.25) is 0 Å².